The van der Waals surface area contributed by atoms with Gasteiger partial charge in [-0.15, -0.1) is 0 Å². The molecule has 0 spiro atoms. The summed E-state index contributed by atoms with van der Waals surface area (Å²) in [5, 5.41) is 11.3. The van der Waals surface area contributed by atoms with Crippen LogP contribution in [-0.4, -0.2) is 26.8 Å². The second-order valence-electron chi connectivity index (χ2n) is 10.2. The first-order valence-corrected chi connectivity index (χ1v) is 11.8. The number of nitrogens with one attached hydrogen (secondary N) is 1. The number of halogens is 2. The molecule has 0 aliphatic carbocycles. The van der Waals surface area contributed by atoms with E-state index in [1.807, 2.05) is 12.1 Å². The standard InChI is InChI=1S/C29H25F2N3O3/c1-15-13-17(7-11-20(15)31)25(35)23-24(16-5-8-18(9-6-16)29(2,3)4)34(27(37)26(23)36)28-32-21-12-10-19(30)14-22(21)33-28/h5-14,24,35H,1-4H3,(H,32,33)/b25-23+. The molecule has 2 heterocycles. The lowest BCUT2D eigenvalue weighted by molar-refractivity contribution is -0.132. The number of aliphatic hydroxyl groups excluding tert-OH is 1. The van der Waals surface area contributed by atoms with E-state index in [2.05, 4.69) is 30.7 Å². The van der Waals surface area contributed by atoms with Gasteiger partial charge in [0.2, 0.25) is 5.95 Å². The van der Waals surface area contributed by atoms with E-state index in [4.69, 9.17) is 0 Å². The summed E-state index contributed by atoms with van der Waals surface area (Å²) in [6, 6.07) is 14.3. The number of carbonyl (C=O) groups excluding carboxylic acids is 2. The number of nitrogens with zero attached hydrogens (tertiary/aromatic N) is 2. The predicted octanol–water partition coefficient (Wildman–Crippen LogP) is 6.07. The van der Waals surface area contributed by atoms with Crippen molar-refractivity contribution in [2.45, 2.75) is 39.2 Å². The molecule has 1 amide bonds. The molecule has 6 nitrogen and oxygen atoms in total. The Hall–Kier alpha value is -4.33. The molecule has 1 atom stereocenters. The molecular formula is C29H25F2N3O3. The number of ketones is 1. The van der Waals surface area contributed by atoms with Gasteiger partial charge in [-0.25, -0.2) is 13.8 Å². The molecule has 4 aromatic rings. The van der Waals surface area contributed by atoms with Gasteiger partial charge in [-0.1, -0.05) is 45.0 Å². The van der Waals surface area contributed by atoms with Gasteiger partial charge in [-0.3, -0.25) is 14.5 Å². The maximum absolute atomic E-state index is 13.9. The van der Waals surface area contributed by atoms with Crippen molar-refractivity contribution in [3.63, 3.8) is 0 Å². The van der Waals surface area contributed by atoms with E-state index in [1.54, 1.807) is 19.1 Å². The number of H-pyrrole nitrogens is 1. The Kier molecular flexibility index (Phi) is 5.70. The third kappa shape index (κ3) is 4.18. The van der Waals surface area contributed by atoms with Gasteiger partial charge >= 0.3 is 5.91 Å². The minimum absolute atomic E-state index is 0.0435. The monoisotopic (exact) mass is 501 g/mol. The van der Waals surface area contributed by atoms with Crippen molar-refractivity contribution in [1.29, 1.82) is 0 Å². The number of Topliss-reactive ketones (excluding diaryl/α,β-unsaturated/α-hetero) is 1. The van der Waals surface area contributed by atoms with Crippen molar-refractivity contribution >= 4 is 34.4 Å². The number of imidazole rings is 1. The van der Waals surface area contributed by atoms with Crippen LogP contribution in [0, 0.1) is 18.6 Å². The molecule has 188 valence electrons. The molecule has 1 unspecified atom stereocenters. The topological polar surface area (TPSA) is 86.3 Å². The Labute approximate surface area is 212 Å². The lowest BCUT2D eigenvalue weighted by Gasteiger charge is -2.25. The molecule has 0 saturated carbocycles. The van der Waals surface area contributed by atoms with E-state index >= 15 is 0 Å². The normalized spacial score (nSPS) is 17.7. The summed E-state index contributed by atoms with van der Waals surface area (Å²) in [5.41, 5.74) is 2.59. The van der Waals surface area contributed by atoms with Crippen LogP contribution in [0.15, 0.2) is 66.2 Å². The van der Waals surface area contributed by atoms with E-state index in [0.29, 0.717) is 16.6 Å². The summed E-state index contributed by atoms with van der Waals surface area (Å²) in [5.74, 6) is -3.12. The van der Waals surface area contributed by atoms with Gasteiger partial charge in [0.1, 0.15) is 17.4 Å². The number of hydrogen-bond acceptors (Lipinski definition) is 4. The fourth-order valence-corrected chi connectivity index (χ4v) is 4.56. The lowest BCUT2D eigenvalue weighted by atomic mass is 9.85. The van der Waals surface area contributed by atoms with Crippen LogP contribution in [0.3, 0.4) is 0 Å². The number of aryl methyl sites for hydroxylation is 1. The highest BCUT2D eigenvalue weighted by molar-refractivity contribution is 6.51. The van der Waals surface area contributed by atoms with E-state index in [9.17, 15) is 23.5 Å². The van der Waals surface area contributed by atoms with Gasteiger partial charge in [0.15, 0.2) is 0 Å². The summed E-state index contributed by atoms with van der Waals surface area (Å²) in [6.07, 6.45) is 0. The summed E-state index contributed by atoms with van der Waals surface area (Å²) >= 11 is 0. The summed E-state index contributed by atoms with van der Waals surface area (Å²) in [4.78, 5) is 35.2. The maximum atomic E-state index is 13.9. The largest absolute Gasteiger partial charge is 0.507 e. The lowest BCUT2D eigenvalue weighted by Crippen LogP contribution is -2.30. The van der Waals surface area contributed by atoms with Crippen molar-refractivity contribution in [2.24, 2.45) is 0 Å². The molecule has 1 aliphatic heterocycles. The molecule has 1 fully saturated rings. The number of benzene rings is 3. The van der Waals surface area contributed by atoms with E-state index in [0.717, 1.165) is 5.56 Å². The Morgan fingerprint density at radius 1 is 1.00 bits per heavy atom. The van der Waals surface area contributed by atoms with Gasteiger partial charge in [-0.05, 0) is 65.4 Å². The molecule has 37 heavy (non-hydrogen) atoms. The third-order valence-corrected chi connectivity index (χ3v) is 6.63. The summed E-state index contributed by atoms with van der Waals surface area (Å²) in [7, 11) is 0. The Bertz CT molecular complexity index is 1600. The Morgan fingerprint density at radius 3 is 2.35 bits per heavy atom. The molecule has 1 saturated heterocycles. The van der Waals surface area contributed by atoms with Crippen LogP contribution in [0.25, 0.3) is 16.8 Å². The molecule has 1 aliphatic rings. The van der Waals surface area contributed by atoms with Crippen LogP contribution >= 0.6 is 0 Å². The van der Waals surface area contributed by atoms with Crippen molar-refractivity contribution in [2.75, 3.05) is 4.90 Å². The predicted molar refractivity (Wildman–Crippen MR) is 137 cm³/mol. The van der Waals surface area contributed by atoms with Crippen molar-refractivity contribution in [3.8, 4) is 0 Å². The molecule has 5 rings (SSSR count). The molecule has 8 heteroatoms. The molecule has 0 bridgehead atoms. The fraction of sp³-hybridized carbons (Fsp3) is 0.207. The molecule has 1 aromatic heterocycles. The zero-order chi connectivity index (χ0) is 26.6. The first kappa shape index (κ1) is 24.4. The number of amides is 1. The van der Waals surface area contributed by atoms with Crippen LogP contribution in [-0.2, 0) is 15.0 Å². The number of carbonyl (C=O) groups is 2. The number of fused-ring (bicyclic) bond motifs is 1. The zero-order valence-corrected chi connectivity index (χ0v) is 20.8. The van der Waals surface area contributed by atoms with Gasteiger partial charge in [0, 0.05) is 5.56 Å². The van der Waals surface area contributed by atoms with Crippen molar-refractivity contribution in [3.05, 3.63) is 100 Å². The molecule has 2 N–H and O–H groups in total. The number of aliphatic hydroxyl groups is 1. The average molecular weight is 502 g/mol. The quantitative estimate of drug-likeness (QED) is 0.203. The number of rotatable bonds is 3. The fourth-order valence-electron chi connectivity index (χ4n) is 4.56. The smallest absolute Gasteiger partial charge is 0.302 e. The van der Waals surface area contributed by atoms with Crippen molar-refractivity contribution < 1.29 is 23.5 Å². The first-order chi connectivity index (χ1) is 17.5. The highest BCUT2D eigenvalue weighted by Crippen LogP contribution is 2.42. The number of hydrogen-bond donors (Lipinski definition) is 2. The number of anilines is 1. The van der Waals surface area contributed by atoms with Crippen LogP contribution < -0.4 is 4.90 Å². The Balaban J connectivity index is 1.72. The number of aromatic amines is 1. The second-order valence-corrected chi connectivity index (χ2v) is 10.2. The van der Waals surface area contributed by atoms with E-state index in [1.165, 1.54) is 41.3 Å². The molecule has 0 radical (unpaired) electrons. The highest BCUT2D eigenvalue weighted by Gasteiger charge is 2.48. The third-order valence-electron chi connectivity index (χ3n) is 6.63. The minimum atomic E-state index is -1.02. The second kappa shape index (κ2) is 8.65. The van der Waals surface area contributed by atoms with Crippen LogP contribution in [0.1, 0.15) is 49.1 Å². The van der Waals surface area contributed by atoms with Gasteiger partial charge in [-0.2, -0.15) is 0 Å². The van der Waals surface area contributed by atoms with Gasteiger partial charge in [0.25, 0.3) is 5.78 Å². The van der Waals surface area contributed by atoms with Gasteiger partial charge in [0.05, 0.1) is 22.6 Å². The highest BCUT2D eigenvalue weighted by atomic mass is 19.1. The van der Waals surface area contributed by atoms with E-state index in [-0.39, 0.29) is 28.1 Å². The maximum Gasteiger partial charge on any atom is 0.302 e. The van der Waals surface area contributed by atoms with E-state index < -0.39 is 35.1 Å². The molecular weight excluding hydrogens is 476 g/mol. The van der Waals surface area contributed by atoms with Gasteiger partial charge < -0.3 is 10.1 Å². The van der Waals surface area contributed by atoms with Crippen LogP contribution in [0.5, 0.6) is 0 Å². The average Bonchev–Trinajstić information content (AvgIpc) is 3.37. The van der Waals surface area contributed by atoms with Crippen LogP contribution in [0.2, 0.25) is 0 Å². The summed E-state index contributed by atoms with van der Waals surface area (Å²) in [6.45, 7) is 7.75. The Morgan fingerprint density at radius 2 is 1.70 bits per heavy atom. The first-order valence-electron chi connectivity index (χ1n) is 11.8. The SMILES string of the molecule is Cc1cc(/C(O)=C2\C(=O)C(=O)N(c3nc4ccc(F)cc4[nH]3)C2c2ccc(C(C)(C)C)cc2)ccc1F. The number of aromatic nitrogens is 2. The van der Waals surface area contributed by atoms with Crippen molar-refractivity contribution in [1.82, 2.24) is 9.97 Å². The minimum Gasteiger partial charge on any atom is -0.507 e. The molecule has 3 aromatic carbocycles. The summed E-state index contributed by atoms with van der Waals surface area (Å²) < 4.78 is 27.7. The van der Waals surface area contributed by atoms with Crippen LogP contribution in [0.4, 0.5) is 14.7 Å². The zero-order valence-electron chi connectivity index (χ0n) is 20.8.